The molecular formula is C12H19NO6. The fraction of sp³-hybridized carbons (Fsp3) is 0.750. The number of amides is 1. The largest absolute Gasteiger partial charge is 0.481 e. The molecule has 0 aromatic heterocycles. The summed E-state index contributed by atoms with van der Waals surface area (Å²) in [6.07, 6.45) is -0.100. The highest BCUT2D eigenvalue weighted by atomic mass is 16.6. The molecule has 0 bridgehead atoms. The van der Waals surface area contributed by atoms with Crippen molar-refractivity contribution in [3.63, 3.8) is 0 Å². The predicted molar refractivity (Wildman–Crippen MR) is 64.7 cm³/mol. The highest BCUT2D eigenvalue weighted by Crippen LogP contribution is 2.26. The minimum Gasteiger partial charge on any atom is -0.481 e. The van der Waals surface area contributed by atoms with Crippen LogP contribution in [0.25, 0.3) is 0 Å². The van der Waals surface area contributed by atoms with Crippen molar-refractivity contribution < 1.29 is 29.3 Å². The van der Waals surface area contributed by atoms with E-state index < -0.39 is 35.6 Å². The first kappa shape index (κ1) is 15.3. The molecule has 1 aliphatic heterocycles. The Morgan fingerprint density at radius 1 is 1.16 bits per heavy atom. The summed E-state index contributed by atoms with van der Waals surface area (Å²) in [6.45, 7) is 5.19. The number of nitrogens with zero attached hydrogens (tertiary/aromatic N) is 1. The number of likely N-dealkylation sites (tertiary alicyclic amines) is 1. The topological polar surface area (TPSA) is 104 Å². The molecule has 0 aliphatic carbocycles. The SMILES string of the molecule is CC(C)(C)OC(=O)N1CCC[C@H](C(=O)O)[C@H]1C(=O)O. The molecule has 108 valence electrons. The number of carboxylic acids is 2. The maximum absolute atomic E-state index is 11.9. The van der Waals surface area contributed by atoms with Gasteiger partial charge in [0.05, 0.1) is 5.92 Å². The number of piperidine rings is 1. The molecule has 1 saturated heterocycles. The van der Waals surface area contributed by atoms with Gasteiger partial charge in [-0.3, -0.25) is 9.69 Å². The smallest absolute Gasteiger partial charge is 0.411 e. The highest BCUT2D eigenvalue weighted by Gasteiger charge is 2.44. The van der Waals surface area contributed by atoms with E-state index in [0.717, 1.165) is 4.90 Å². The minimum atomic E-state index is -1.37. The Morgan fingerprint density at radius 2 is 1.74 bits per heavy atom. The van der Waals surface area contributed by atoms with Crippen LogP contribution >= 0.6 is 0 Å². The second kappa shape index (κ2) is 5.46. The summed E-state index contributed by atoms with van der Waals surface area (Å²) >= 11 is 0. The third kappa shape index (κ3) is 3.84. The Hall–Kier alpha value is -1.79. The highest BCUT2D eigenvalue weighted by molar-refractivity contribution is 5.86. The van der Waals surface area contributed by atoms with Crippen LogP contribution in [0, 0.1) is 5.92 Å². The van der Waals surface area contributed by atoms with Crippen molar-refractivity contribution in [3.8, 4) is 0 Å². The summed E-state index contributed by atoms with van der Waals surface area (Å²) in [5.41, 5.74) is -0.754. The van der Waals surface area contributed by atoms with Gasteiger partial charge in [-0.25, -0.2) is 9.59 Å². The van der Waals surface area contributed by atoms with Crippen molar-refractivity contribution in [1.29, 1.82) is 0 Å². The van der Waals surface area contributed by atoms with E-state index in [4.69, 9.17) is 14.9 Å². The lowest BCUT2D eigenvalue weighted by Gasteiger charge is -2.37. The molecule has 0 aromatic rings. The normalized spacial score (nSPS) is 23.8. The average Bonchev–Trinajstić information content (AvgIpc) is 2.25. The molecule has 0 unspecified atom stereocenters. The molecular weight excluding hydrogens is 254 g/mol. The van der Waals surface area contributed by atoms with E-state index >= 15 is 0 Å². The number of rotatable bonds is 2. The summed E-state index contributed by atoms with van der Waals surface area (Å²) in [6, 6.07) is -1.37. The standard InChI is InChI=1S/C12H19NO6/c1-12(2,3)19-11(18)13-6-4-5-7(9(14)15)8(13)10(16)17/h7-8H,4-6H2,1-3H3,(H,14,15)(H,16,17)/t7-,8-/m0/s1. The van der Waals surface area contributed by atoms with Crippen LogP contribution in [-0.4, -0.2) is 51.3 Å². The molecule has 0 aromatic carbocycles. The van der Waals surface area contributed by atoms with Crippen LogP contribution in [0.5, 0.6) is 0 Å². The van der Waals surface area contributed by atoms with Crippen LogP contribution in [0.4, 0.5) is 4.79 Å². The lowest BCUT2D eigenvalue weighted by Crippen LogP contribution is -2.55. The van der Waals surface area contributed by atoms with Crippen LogP contribution in [0.15, 0.2) is 0 Å². The molecule has 0 spiro atoms. The van der Waals surface area contributed by atoms with Crippen molar-refractivity contribution in [3.05, 3.63) is 0 Å². The van der Waals surface area contributed by atoms with Gasteiger partial charge in [0.1, 0.15) is 11.6 Å². The van der Waals surface area contributed by atoms with Gasteiger partial charge in [0.2, 0.25) is 0 Å². The van der Waals surface area contributed by atoms with Gasteiger partial charge in [0.25, 0.3) is 0 Å². The molecule has 2 N–H and O–H groups in total. The quantitative estimate of drug-likeness (QED) is 0.782. The maximum atomic E-state index is 11.9. The summed E-state index contributed by atoms with van der Waals surface area (Å²) in [5.74, 6) is -3.63. The van der Waals surface area contributed by atoms with Crippen molar-refractivity contribution in [2.75, 3.05) is 6.54 Å². The van der Waals surface area contributed by atoms with Gasteiger partial charge < -0.3 is 14.9 Å². The second-order valence-corrected chi connectivity index (χ2v) is 5.54. The van der Waals surface area contributed by atoms with Gasteiger partial charge in [-0.05, 0) is 33.6 Å². The number of aliphatic carboxylic acids is 2. The lowest BCUT2D eigenvalue weighted by molar-refractivity contribution is -0.157. The van der Waals surface area contributed by atoms with Gasteiger partial charge >= 0.3 is 18.0 Å². The molecule has 0 radical (unpaired) electrons. The lowest BCUT2D eigenvalue weighted by atomic mass is 9.89. The molecule has 19 heavy (non-hydrogen) atoms. The van der Waals surface area contributed by atoms with Gasteiger partial charge in [0, 0.05) is 6.54 Å². The zero-order chi connectivity index (χ0) is 14.8. The van der Waals surface area contributed by atoms with Crippen LogP contribution in [0.2, 0.25) is 0 Å². The number of carbonyl (C=O) groups excluding carboxylic acids is 1. The van der Waals surface area contributed by atoms with Crippen LogP contribution in [0.3, 0.4) is 0 Å². The summed E-state index contributed by atoms with van der Waals surface area (Å²) in [7, 11) is 0. The van der Waals surface area contributed by atoms with Crippen LogP contribution < -0.4 is 0 Å². The molecule has 7 nitrogen and oxygen atoms in total. The Bertz CT molecular complexity index is 386. The van der Waals surface area contributed by atoms with Crippen LogP contribution in [-0.2, 0) is 14.3 Å². The van der Waals surface area contributed by atoms with E-state index in [1.54, 1.807) is 20.8 Å². The van der Waals surface area contributed by atoms with Crippen molar-refractivity contribution in [2.24, 2.45) is 5.92 Å². The van der Waals surface area contributed by atoms with E-state index in [9.17, 15) is 14.4 Å². The zero-order valence-corrected chi connectivity index (χ0v) is 11.3. The number of carbonyl (C=O) groups is 3. The first-order valence-electron chi connectivity index (χ1n) is 6.08. The van der Waals surface area contributed by atoms with E-state index in [0.29, 0.717) is 6.42 Å². The summed E-state index contributed by atoms with van der Waals surface area (Å²) in [5, 5.41) is 18.2. The van der Waals surface area contributed by atoms with Gasteiger partial charge in [-0.1, -0.05) is 0 Å². The van der Waals surface area contributed by atoms with Crippen LogP contribution in [0.1, 0.15) is 33.6 Å². The van der Waals surface area contributed by atoms with E-state index in [1.165, 1.54) is 0 Å². The van der Waals surface area contributed by atoms with Gasteiger partial charge in [-0.2, -0.15) is 0 Å². The zero-order valence-electron chi connectivity index (χ0n) is 11.3. The van der Waals surface area contributed by atoms with Crippen molar-refractivity contribution in [1.82, 2.24) is 4.90 Å². The van der Waals surface area contributed by atoms with E-state index in [2.05, 4.69) is 0 Å². The fourth-order valence-corrected chi connectivity index (χ4v) is 2.09. The molecule has 1 fully saturated rings. The first-order chi connectivity index (χ1) is 8.63. The molecule has 1 heterocycles. The van der Waals surface area contributed by atoms with Gasteiger partial charge in [-0.15, -0.1) is 0 Å². The Balaban J connectivity index is 2.93. The first-order valence-corrected chi connectivity index (χ1v) is 6.08. The Kier molecular flexibility index (Phi) is 4.39. The second-order valence-electron chi connectivity index (χ2n) is 5.54. The predicted octanol–water partition coefficient (Wildman–Crippen LogP) is 1.17. The summed E-state index contributed by atoms with van der Waals surface area (Å²) < 4.78 is 5.12. The van der Waals surface area contributed by atoms with E-state index in [1.807, 2.05) is 0 Å². The Labute approximate surface area is 111 Å². The third-order valence-corrected chi connectivity index (χ3v) is 2.83. The third-order valence-electron chi connectivity index (χ3n) is 2.83. The maximum Gasteiger partial charge on any atom is 0.411 e. The minimum absolute atomic E-state index is 0.190. The number of hydrogen-bond acceptors (Lipinski definition) is 4. The number of carboxylic acid groups (broad SMARTS) is 2. The molecule has 1 rings (SSSR count). The van der Waals surface area contributed by atoms with E-state index in [-0.39, 0.29) is 13.0 Å². The average molecular weight is 273 g/mol. The van der Waals surface area contributed by atoms with Crippen molar-refractivity contribution >= 4 is 18.0 Å². The van der Waals surface area contributed by atoms with Crippen molar-refractivity contribution in [2.45, 2.75) is 45.3 Å². The summed E-state index contributed by atoms with van der Waals surface area (Å²) in [4.78, 5) is 35.3. The molecule has 7 heteroatoms. The monoisotopic (exact) mass is 273 g/mol. The van der Waals surface area contributed by atoms with Gasteiger partial charge in [0.15, 0.2) is 0 Å². The Morgan fingerprint density at radius 3 is 2.16 bits per heavy atom. The molecule has 1 aliphatic rings. The molecule has 1 amide bonds. The fourth-order valence-electron chi connectivity index (χ4n) is 2.09. The molecule has 2 atom stereocenters. The number of ether oxygens (including phenoxy) is 1. The molecule has 0 saturated carbocycles. The number of hydrogen-bond donors (Lipinski definition) is 2.